The molecular formula is C17H19Cl2NO. The molecule has 0 spiro atoms. The molecule has 0 fully saturated rings. The fourth-order valence-electron chi connectivity index (χ4n) is 2.25. The van der Waals surface area contributed by atoms with Crippen molar-refractivity contribution in [2.24, 2.45) is 0 Å². The molecule has 0 amide bonds. The van der Waals surface area contributed by atoms with Gasteiger partial charge in [-0.1, -0.05) is 41.9 Å². The Balaban J connectivity index is 0.00000220. The van der Waals surface area contributed by atoms with Gasteiger partial charge >= 0.3 is 0 Å². The third kappa shape index (κ3) is 5.50. The summed E-state index contributed by atoms with van der Waals surface area (Å²) in [5, 5.41) is 0.652. The summed E-state index contributed by atoms with van der Waals surface area (Å²) in [7, 11) is 4.14. The van der Waals surface area contributed by atoms with E-state index in [0.29, 0.717) is 21.6 Å². The molecule has 0 bridgehead atoms. The lowest BCUT2D eigenvalue weighted by molar-refractivity contribution is -0.895. The fraction of sp³-hybridized carbons (Fsp3) is 0.235. The normalized spacial score (nSPS) is 10.8. The first-order valence-electron chi connectivity index (χ1n) is 6.61. The van der Waals surface area contributed by atoms with E-state index < -0.39 is 0 Å². The molecule has 0 saturated carbocycles. The van der Waals surface area contributed by atoms with E-state index in [4.69, 9.17) is 11.6 Å². The summed E-state index contributed by atoms with van der Waals surface area (Å²) in [5.41, 5.74) is 1.95. The Hall–Kier alpha value is -1.35. The summed E-state index contributed by atoms with van der Waals surface area (Å²) in [6, 6.07) is 17.3. The van der Waals surface area contributed by atoms with Crippen molar-refractivity contribution in [2.75, 3.05) is 20.6 Å². The minimum atomic E-state index is 0. The highest BCUT2D eigenvalue weighted by molar-refractivity contribution is 6.30. The van der Waals surface area contributed by atoms with Crippen LogP contribution in [0, 0.1) is 0 Å². The van der Waals surface area contributed by atoms with E-state index in [1.807, 2.05) is 18.2 Å². The van der Waals surface area contributed by atoms with Crippen molar-refractivity contribution in [3.8, 4) is 0 Å². The van der Waals surface area contributed by atoms with Crippen LogP contribution in [0.15, 0.2) is 54.6 Å². The Morgan fingerprint density at radius 1 is 1.00 bits per heavy atom. The van der Waals surface area contributed by atoms with Gasteiger partial charge in [0.15, 0.2) is 0 Å². The molecule has 4 heteroatoms. The summed E-state index contributed by atoms with van der Waals surface area (Å²) in [6.07, 6.45) is 0. The SMILES string of the molecule is C[N+](C)(CC(=O)c1ccc(Cl)cc1)Cc1ccccc1.[Cl-]. The first-order valence-corrected chi connectivity index (χ1v) is 6.99. The van der Waals surface area contributed by atoms with Gasteiger partial charge in [0.1, 0.15) is 13.1 Å². The lowest BCUT2D eigenvalue weighted by atomic mass is 10.1. The molecule has 0 aliphatic carbocycles. The predicted octanol–water partition coefficient (Wildman–Crippen LogP) is 0.803. The van der Waals surface area contributed by atoms with Crippen LogP contribution in [0.2, 0.25) is 5.02 Å². The smallest absolute Gasteiger partial charge is 0.216 e. The van der Waals surface area contributed by atoms with Crippen molar-refractivity contribution in [3.05, 3.63) is 70.7 Å². The summed E-state index contributed by atoms with van der Waals surface area (Å²) in [6.45, 7) is 1.30. The van der Waals surface area contributed by atoms with E-state index in [1.165, 1.54) is 5.56 Å². The van der Waals surface area contributed by atoms with E-state index in [0.717, 1.165) is 6.54 Å². The molecule has 2 nitrogen and oxygen atoms in total. The molecule has 0 N–H and O–H groups in total. The van der Waals surface area contributed by atoms with Crippen LogP contribution in [-0.4, -0.2) is 30.9 Å². The van der Waals surface area contributed by atoms with Gasteiger partial charge in [-0.15, -0.1) is 0 Å². The van der Waals surface area contributed by atoms with Crippen molar-refractivity contribution in [1.82, 2.24) is 0 Å². The zero-order valence-corrected chi connectivity index (χ0v) is 13.7. The van der Waals surface area contributed by atoms with Crippen molar-refractivity contribution >= 4 is 17.4 Å². The second-order valence-corrected chi connectivity index (χ2v) is 6.10. The number of nitrogens with zero attached hydrogens (tertiary/aromatic N) is 1. The predicted molar refractivity (Wildman–Crippen MR) is 82.9 cm³/mol. The second-order valence-electron chi connectivity index (χ2n) is 5.67. The van der Waals surface area contributed by atoms with Crippen LogP contribution in [0.5, 0.6) is 0 Å². The topological polar surface area (TPSA) is 17.1 Å². The Morgan fingerprint density at radius 3 is 2.14 bits per heavy atom. The maximum absolute atomic E-state index is 12.3. The van der Waals surface area contributed by atoms with Gasteiger partial charge in [0.2, 0.25) is 5.78 Å². The van der Waals surface area contributed by atoms with E-state index in [2.05, 4.69) is 26.2 Å². The molecule has 0 aliphatic rings. The number of benzene rings is 2. The van der Waals surface area contributed by atoms with Gasteiger partial charge in [-0.05, 0) is 24.3 Å². The van der Waals surface area contributed by atoms with Gasteiger partial charge in [0.25, 0.3) is 0 Å². The number of carbonyl (C=O) groups excluding carboxylic acids is 1. The maximum Gasteiger partial charge on any atom is 0.216 e. The Kier molecular flexibility index (Phi) is 6.41. The van der Waals surface area contributed by atoms with Gasteiger partial charge < -0.3 is 16.9 Å². The number of carbonyl (C=O) groups is 1. The molecule has 2 rings (SSSR count). The van der Waals surface area contributed by atoms with E-state index in [1.54, 1.807) is 24.3 Å². The lowest BCUT2D eigenvalue weighted by Gasteiger charge is -2.29. The van der Waals surface area contributed by atoms with Crippen molar-refractivity contribution in [3.63, 3.8) is 0 Å². The number of quaternary nitrogens is 1. The molecule has 21 heavy (non-hydrogen) atoms. The highest BCUT2D eigenvalue weighted by Gasteiger charge is 2.21. The molecule has 0 unspecified atom stereocenters. The second kappa shape index (κ2) is 7.60. The van der Waals surface area contributed by atoms with Crippen molar-refractivity contribution in [1.29, 1.82) is 0 Å². The molecule has 0 aliphatic heterocycles. The van der Waals surface area contributed by atoms with Crippen molar-refractivity contribution < 1.29 is 21.7 Å². The molecule has 0 saturated heterocycles. The summed E-state index contributed by atoms with van der Waals surface area (Å²) < 4.78 is 0.630. The number of halogens is 2. The quantitative estimate of drug-likeness (QED) is 0.587. The van der Waals surface area contributed by atoms with Crippen LogP contribution in [0.4, 0.5) is 0 Å². The molecule has 0 heterocycles. The van der Waals surface area contributed by atoms with Crippen molar-refractivity contribution in [2.45, 2.75) is 6.54 Å². The Labute approximate surface area is 137 Å². The molecule has 0 aromatic heterocycles. The maximum atomic E-state index is 12.3. The highest BCUT2D eigenvalue weighted by Crippen LogP contribution is 2.13. The first-order chi connectivity index (χ1) is 9.46. The van der Waals surface area contributed by atoms with Crippen LogP contribution in [0.25, 0.3) is 0 Å². The molecule has 2 aromatic rings. The molecule has 2 aromatic carbocycles. The Bertz CT molecular complexity index is 579. The van der Waals surface area contributed by atoms with E-state index in [9.17, 15) is 4.79 Å². The highest BCUT2D eigenvalue weighted by atomic mass is 35.5. The van der Waals surface area contributed by atoms with Gasteiger partial charge in [0.05, 0.1) is 14.1 Å². The van der Waals surface area contributed by atoms with Crippen LogP contribution >= 0.6 is 11.6 Å². The molecule has 0 atom stereocenters. The number of likely N-dealkylation sites (N-methyl/N-ethyl adjacent to an activating group) is 1. The van der Waals surface area contributed by atoms with Crippen LogP contribution in [0.1, 0.15) is 15.9 Å². The van der Waals surface area contributed by atoms with Crippen LogP contribution in [-0.2, 0) is 6.54 Å². The molecule has 0 radical (unpaired) electrons. The third-order valence-electron chi connectivity index (χ3n) is 3.19. The van der Waals surface area contributed by atoms with E-state index in [-0.39, 0.29) is 18.2 Å². The average Bonchev–Trinajstić information content (AvgIpc) is 2.39. The summed E-state index contributed by atoms with van der Waals surface area (Å²) >= 11 is 5.84. The summed E-state index contributed by atoms with van der Waals surface area (Å²) in [5.74, 6) is 0.141. The number of hydrogen-bond donors (Lipinski definition) is 0. The largest absolute Gasteiger partial charge is 1.00 e. The minimum absolute atomic E-state index is 0. The van der Waals surface area contributed by atoms with Gasteiger partial charge in [-0.2, -0.15) is 0 Å². The van der Waals surface area contributed by atoms with E-state index >= 15 is 0 Å². The first kappa shape index (κ1) is 17.7. The zero-order chi connectivity index (χ0) is 14.6. The van der Waals surface area contributed by atoms with Gasteiger partial charge in [-0.3, -0.25) is 4.79 Å². The number of rotatable bonds is 5. The average molecular weight is 324 g/mol. The summed E-state index contributed by atoms with van der Waals surface area (Å²) in [4.78, 5) is 12.3. The van der Waals surface area contributed by atoms with Crippen LogP contribution < -0.4 is 12.4 Å². The van der Waals surface area contributed by atoms with Gasteiger partial charge in [-0.25, -0.2) is 0 Å². The molecule has 112 valence electrons. The Morgan fingerprint density at radius 2 is 1.57 bits per heavy atom. The zero-order valence-electron chi connectivity index (χ0n) is 12.2. The molecular weight excluding hydrogens is 305 g/mol. The monoisotopic (exact) mass is 323 g/mol. The number of Topliss-reactive ketones (excluding diaryl/α,β-unsaturated/α-hetero) is 1. The van der Waals surface area contributed by atoms with Crippen LogP contribution in [0.3, 0.4) is 0 Å². The minimum Gasteiger partial charge on any atom is -1.00 e. The third-order valence-corrected chi connectivity index (χ3v) is 3.44. The lowest BCUT2D eigenvalue weighted by Crippen LogP contribution is -3.00. The standard InChI is InChI=1S/C17H19ClNO.ClH/c1-19(2,12-14-6-4-3-5-7-14)13-17(20)15-8-10-16(18)11-9-15;/h3-11H,12-13H2,1-2H3;1H/q+1;/p-1. The van der Waals surface area contributed by atoms with Gasteiger partial charge in [0, 0.05) is 16.1 Å². The number of ketones is 1. The fourth-order valence-corrected chi connectivity index (χ4v) is 2.38. The number of hydrogen-bond acceptors (Lipinski definition) is 1.